The smallest absolute Gasteiger partial charge is 0.139 e. The van der Waals surface area contributed by atoms with E-state index < -0.39 is 5.41 Å². The second-order valence-corrected chi connectivity index (χ2v) is 3.72. The molecule has 0 aromatic carbocycles. The first-order chi connectivity index (χ1) is 5.09. The van der Waals surface area contributed by atoms with E-state index in [0.29, 0.717) is 6.42 Å². The van der Waals surface area contributed by atoms with Gasteiger partial charge in [-0.2, -0.15) is 5.26 Å². The van der Waals surface area contributed by atoms with Crippen LogP contribution < -0.4 is 0 Å². The maximum Gasteiger partial charge on any atom is 0.139 e. The molecule has 0 amide bonds. The molecule has 60 valence electrons. The van der Waals surface area contributed by atoms with Crippen molar-refractivity contribution >= 4 is 5.78 Å². The van der Waals surface area contributed by atoms with Gasteiger partial charge in [0.25, 0.3) is 0 Å². The Bertz CT molecular complexity index is 212. The van der Waals surface area contributed by atoms with Crippen LogP contribution in [0.3, 0.4) is 0 Å². The molecule has 1 aliphatic carbocycles. The van der Waals surface area contributed by atoms with E-state index in [1.807, 2.05) is 13.8 Å². The van der Waals surface area contributed by atoms with Gasteiger partial charge in [-0.1, -0.05) is 13.8 Å². The summed E-state index contributed by atoms with van der Waals surface area (Å²) >= 11 is 0. The zero-order valence-corrected chi connectivity index (χ0v) is 7.05. The van der Waals surface area contributed by atoms with Gasteiger partial charge in [0.05, 0.1) is 12.0 Å². The lowest BCUT2D eigenvalue weighted by Gasteiger charge is -2.32. The molecule has 11 heavy (non-hydrogen) atoms. The third-order valence-electron chi connectivity index (χ3n) is 2.64. The topological polar surface area (TPSA) is 40.9 Å². The molecular formula is C9H13NO. The van der Waals surface area contributed by atoms with Gasteiger partial charge in [0, 0.05) is 11.8 Å². The summed E-state index contributed by atoms with van der Waals surface area (Å²) in [6.07, 6.45) is 2.43. The zero-order valence-electron chi connectivity index (χ0n) is 7.05. The van der Waals surface area contributed by atoms with E-state index in [0.717, 1.165) is 12.8 Å². The second-order valence-electron chi connectivity index (χ2n) is 3.72. The van der Waals surface area contributed by atoms with Crippen LogP contribution in [0.25, 0.3) is 0 Å². The number of Topliss-reactive ketones (excluding diaryl/α,β-unsaturated/α-hetero) is 1. The molecule has 1 aliphatic rings. The van der Waals surface area contributed by atoms with E-state index in [1.165, 1.54) is 0 Å². The molecule has 1 atom stereocenters. The van der Waals surface area contributed by atoms with Gasteiger partial charge in [-0.15, -0.1) is 0 Å². The molecule has 2 nitrogen and oxygen atoms in total. The van der Waals surface area contributed by atoms with Gasteiger partial charge in [0.1, 0.15) is 5.78 Å². The average molecular weight is 151 g/mol. The minimum absolute atomic E-state index is 0.0660. The van der Waals surface area contributed by atoms with Gasteiger partial charge >= 0.3 is 0 Å². The third-order valence-corrected chi connectivity index (χ3v) is 2.64. The first-order valence-electron chi connectivity index (χ1n) is 4.02. The summed E-state index contributed by atoms with van der Waals surface area (Å²) in [6.45, 7) is 3.75. The van der Waals surface area contributed by atoms with E-state index in [1.54, 1.807) is 0 Å². The summed E-state index contributed by atoms with van der Waals surface area (Å²) in [5.74, 6) is 0.180. The number of nitrogens with zero attached hydrogens (tertiary/aromatic N) is 1. The van der Waals surface area contributed by atoms with Gasteiger partial charge < -0.3 is 0 Å². The van der Waals surface area contributed by atoms with Crippen LogP contribution >= 0.6 is 0 Å². The Morgan fingerprint density at radius 1 is 1.64 bits per heavy atom. The van der Waals surface area contributed by atoms with E-state index >= 15 is 0 Å². The molecule has 0 saturated heterocycles. The number of hydrogen-bond donors (Lipinski definition) is 0. The van der Waals surface area contributed by atoms with Crippen molar-refractivity contribution in [2.75, 3.05) is 0 Å². The molecule has 0 aromatic heterocycles. The third kappa shape index (κ3) is 1.28. The van der Waals surface area contributed by atoms with Crippen molar-refractivity contribution < 1.29 is 4.79 Å². The summed E-state index contributed by atoms with van der Waals surface area (Å²) in [5, 5.41) is 8.74. The number of carbonyl (C=O) groups excluding carboxylic acids is 1. The highest BCUT2D eigenvalue weighted by Crippen LogP contribution is 2.37. The van der Waals surface area contributed by atoms with Gasteiger partial charge in [-0.25, -0.2) is 0 Å². The normalized spacial score (nSPS) is 29.5. The number of ketones is 1. The fraction of sp³-hybridized carbons (Fsp3) is 0.778. The lowest BCUT2D eigenvalue weighted by atomic mass is 9.69. The molecular weight excluding hydrogens is 138 g/mol. The van der Waals surface area contributed by atoms with Crippen molar-refractivity contribution in [2.24, 2.45) is 11.3 Å². The largest absolute Gasteiger partial charge is 0.299 e. The van der Waals surface area contributed by atoms with E-state index in [4.69, 9.17) is 5.26 Å². The van der Waals surface area contributed by atoms with E-state index in [9.17, 15) is 4.79 Å². The standard InChI is InChI=1S/C9H13NO/c1-9(2)7(6-10)4-3-5-8(9)11/h7H,3-5H2,1-2H3. The minimum atomic E-state index is -0.396. The van der Waals surface area contributed by atoms with E-state index in [2.05, 4.69) is 6.07 Å². The highest BCUT2D eigenvalue weighted by molar-refractivity contribution is 5.85. The molecule has 0 heterocycles. The molecule has 1 rings (SSSR count). The fourth-order valence-corrected chi connectivity index (χ4v) is 1.57. The number of rotatable bonds is 0. The van der Waals surface area contributed by atoms with Gasteiger partial charge in [-0.05, 0) is 12.8 Å². The summed E-state index contributed by atoms with van der Waals surface area (Å²) in [7, 11) is 0. The molecule has 0 spiro atoms. The molecule has 1 fully saturated rings. The van der Waals surface area contributed by atoms with Gasteiger partial charge in [-0.3, -0.25) is 4.79 Å². The van der Waals surface area contributed by atoms with E-state index in [-0.39, 0.29) is 11.7 Å². The van der Waals surface area contributed by atoms with Crippen LogP contribution in [0.1, 0.15) is 33.1 Å². The van der Waals surface area contributed by atoms with Crippen molar-refractivity contribution in [1.82, 2.24) is 0 Å². The molecule has 0 N–H and O–H groups in total. The summed E-state index contributed by atoms with van der Waals surface area (Å²) < 4.78 is 0. The van der Waals surface area contributed by atoms with Crippen molar-refractivity contribution in [1.29, 1.82) is 5.26 Å². The van der Waals surface area contributed by atoms with Crippen LogP contribution in [0.4, 0.5) is 0 Å². The van der Waals surface area contributed by atoms with Crippen LogP contribution in [-0.2, 0) is 4.79 Å². The summed E-state index contributed by atoms with van der Waals surface area (Å²) in [4.78, 5) is 11.3. The summed E-state index contributed by atoms with van der Waals surface area (Å²) in [5.41, 5.74) is -0.396. The molecule has 0 radical (unpaired) electrons. The van der Waals surface area contributed by atoms with Gasteiger partial charge in [0.15, 0.2) is 0 Å². The van der Waals surface area contributed by atoms with Crippen LogP contribution in [-0.4, -0.2) is 5.78 Å². The Kier molecular flexibility index (Phi) is 1.99. The lowest BCUT2D eigenvalue weighted by Crippen LogP contribution is -2.35. The number of hydrogen-bond acceptors (Lipinski definition) is 2. The first-order valence-corrected chi connectivity index (χ1v) is 4.02. The minimum Gasteiger partial charge on any atom is -0.299 e. The van der Waals surface area contributed by atoms with Crippen LogP contribution in [0, 0.1) is 22.7 Å². The number of nitriles is 1. The predicted molar refractivity (Wildman–Crippen MR) is 41.7 cm³/mol. The Morgan fingerprint density at radius 3 is 2.73 bits per heavy atom. The maximum atomic E-state index is 11.3. The highest BCUT2D eigenvalue weighted by atomic mass is 16.1. The Balaban J connectivity index is 2.83. The lowest BCUT2D eigenvalue weighted by molar-refractivity contribution is -0.131. The molecule has 0 aliphatic heterocycles. The molecule has 0 bridgehead atoms. The summed E-state index contributed by atoms with van der Waals surface area (Å²) in [6, 6.07) is 2.20. The second kappa shape index (κ2) is 2.65. The average Bonchev–Trinajstić information content (AvgIpc) is 1.95. The Hall–Kier alpha value is -0.840. The zero-order chi connectivity index (χ0) is 8.48. The van der Waals surface area contributed by atoms with Crippen molar-refractivity contribution in [2.45, 2.75) is 33.1 Å². The monoisotopic (exact) mass is 151 g/mol. The maximum absolute atomic E-state index is 11.3. The van der Waals surface area contributed by atoms with Gasteiger partial charge in [0.2, 0.25) is 0 Å². The Morgan fingerprint density at radius 2 is 2.27 bits per heavy atom. The van der Waals surface area contributed by atoms with Crippen LogP contribution in [0.15, 0.2) is 0 Å². The molecule has 2 heteroatoms. The first kappa shape index (κ1) is 8.26. The van der Waals surface area contributed by atoms with Crippen molar-refractivity contribution in [3.05, 3.63) is 0 Å². The highest BCUT2D eigenvalue weighted by Gasteiger charge is 2.39. The number of carbonyl (C=O) groups is 1. The van der Waals surface area contributed by atoms with Crippen molar-refractivity contribution in [3.8, 4) is 6.07 Å². The van der Waals surface area contributed by atoms with Crippen LogP contribution in [0.2, 0.25) is 0 Å². The Labute approximate surface area is 67.2 Å². The fourth-order valence-electron chi connectivity index (χ4n) is 1.57. The SMILES string of the molecule is CC1(C)C(=O)CCCC1C#N. The van der Waals surface area contributed by atoms with Crippen molar-refractivity contribution in [3.63, 3.8) is 0 Å². The molecule has 1 unspecified atom stereocenters. The molecule has 1 saturated carbocycles. The predicted octanol–water partition coefficient (Wildman–Crippen LogP) is 1.91. The molecule has 0 aromatic rings. The quantitative estimate of drug-likeness (QED) is 0.530. The van der Waals surface area contributed by atoms with Crippen LogP contribution in [0.5, 0.6) is 0 Å².